The molecule has 0 aliphatic carbocycles. The molecule has 19 heavy (non-hydrogen) atoms. The Morgan fingerprint density at radius 1 is 1.16 bits per heavy atom. The first-order chi connectivity index (χ1) is 9.25. The average Bonchev–Trinajstić information content (AvgIpc) is 2.45. The Morgan fingerprint density at radius 3 is 2.74 bits per heavy atom. The van der Waals surface area contributed by atoms with Crippen molar-refractivity contribution < 1.29 is 0 Å². The van der Waals surface area contributed by atoms with Gasteiger partial charge >= 0.3 is 0 Å². The van der Waals surface area contributed by atoms with Gasteiger partial charge in [0.05, 0.1) is 12.1 Å². The van der Waals surface area contributed by atoms with Crippen molar-refractivity contribution in [3.63, 3.8) is 0 Å². The third kappa shape index (κ3) is 2.20. The van der Waals surface area contributed by atoms with Gasteiger partial charge in [-0.1, -0.05) is 30.3 Å². The monoisotopic (exact) mass is 269 g/mol. The fraction of sp³-hybridized carbons (Fsp3) is 0.0714. The highest BCUT2D eigenvalue weighted by molar-refractivity contribution is 7.71. The first-order valence-electron chi connectivity index (χ1n) is 5.87. The zero-order valence-electron chi connectivity index (χ0n) is 10.0. The van der Waals surface area contributed by atoms with Gasteiger partial charge in [-0.15, -0.1) is 0 Å². The number of nitrogens with zero attached hydrogens (tertiary/aromatic N) is 2. The predicted octanol–water partition coefficient (Wildman–Crippen LogP) is 2.50. The highest BCUT2D eigenvalue weighted by Crippen LogP contribution is 2.05. The summed E-state index contributed by atoms with van der Waals surface area (Å²) in [6, 6.07) is 13.3. The predicted molar refractivity (Wildman–Crippen MR) is 76.7 cm³/mol. The summed E-state index contributed by atoms with van der Waals surface area (Å²) in [5, 5.41) is 0. The van der Waals surface area contributed by atoms with Crippen LogP contribution < -0.4 is 5.56 Å². The van der Waals surface area contributed by atoms with Crippen molar-refractivity contribution in [2.75, 3.05) is 0 Å². The van der Waals surface area contributed by atoms with Gasteiger partial charge in [0.1, 0.15) is 0 Å². The molecule has 0 bridgehead atoms. The second-order valence-corrected chi connectivity index (χ2v) is 4.59. The maximum Gasteiger partial charge on any atom is 0.281 e. The first-order valence-corrected chi connectivity index (χ1v) is 6.28. The van der Waals surface area contributed by atoms with Gasteiger partial charge in [0.15, 0.2) is 10.3 Å². The molecule has 0 aliphatic rings. The number of nitrogens with one attached hydrogen (secondary N) is 1. The van der Waals surface area contributed by atoms with Gasteiger partial charge in [0.25, 0.3) is 5.56 Å². The summed E-state index contributed by atoms with van der Waals surface area (Å²) in [5.41, 5.74) is 1.94. The van der Waals surface area contributed by atoms with Crippen LogP contribution in [0.2, 0.25) is 0 Å². The fourth-order valence-electron chi connectivity index (χ4n) is 1.99. The lowest BCUT2D eigenvalue weighted by molar-refractivity contribution is 0.732. The highest BCUT2D eigenvalue weighted by atomic mass is 32.1. The van der Waals surface area contributed by atoms with Crippen LogP contribution in [0, 0.1) is 4.77 Å². The number of aromatic amines is 1. The molecule has 0 saturated heterocycles. The lowest BCUT2D eigenvalue weighted by Crippen LogP contribution is -2.23. The lowest BCUT2D eigenvalue weighted by atomic mass is 10.2. The van der Waals surface area contributed by atoms with E-state index in [0.717, 1.165) is 5.56 Å². The third-order valence-electron chi connectivity index (χ3n) is 2.93. The van der Waals surface area contributed by atoms with Gasteiger partial charge in [-0.2, -0.15) is 0 Å². The summed E-state index contributed by atoms with van der Waals surface area (Å²) in [4.78, 5) is 19.5. The smallest absolute Gasteiger partial charge is 0.281 e. The fourth-order valence-corrected chi connectivity index (χ4v) is 2.25. The molecule has 0 unspecified atom stereocenters. The molecule has 5 heteroatoms. The van der Waals surface area contributed by atoms with Crippen LogP contribution in [0.25, 0.3) is 11.0 Å². The molecular formula is C14H11N3OS. The molecule has 0 fully saturated rings. The topological polar surface area (TPSA) is 50.7 Å². The standard InChI is InChI=1S/C14H11N3OS/c18-13-12-11(7-4-8-15-12)16-14(19)17(13)9-10-5-2-1-3-6-10/h1-8H,9H2,(H,16,19). The number of H-pyrrole nitrogens is 1. The third-order valence-corrected chi connectivity index (χ3v) is 3.25. The Balaban J connectivity index is 2.19. The molecule has 4 nitrogen and oxygen atoms in total. The lowest BCUT2D eigenvalue weighted by Gasteiger charge is -2.07. The van der Waals surface area contributed by atoms with Crippen LogP contribution in [0.3, 0.4) is 0 Å². The van der Waals surface area contributed by atoms with Crippen LogP contribution in [0.15, 0.2) is 53.5 Å². The van der Waals surface area contributed by atoms with Gasteiger partial charge in [0, 0.05) is 6.20 Å². The quantitative estimate of drug-likeness (QED) is 0.727. The van der Waals surface area contributed by atoms with E-state index in [9.17, 15) is 4.79 Å². The normalized spacial score (nSPS) is 10.7. The molecular weight excluding hydrogens is 258 g/mol. The summed E-state index contributed by atoms with van der Waals surface area (Å²) in [5.74, 6) is 0. The number of pyridine rings is 1. The summed E-state index contributed by atoms with van der Waals surface area (Å²) in [6.45, 7) is 0.446. The van der Waals surface area contributed by atoms with Crippen molar-refractivity contribution >= 4 is 23.3 Å². The maximum absolute atomic E-state index is 12.4. The summed E-state index contributed by atoms with van der Waals surface area (Å²) in [6.07, 6.45) is 1.60. The Hall–Kier alpha value is -2.27. The molecule has 0 saturated carbocycles. The van der Waals surface area contributed by atoms with Gasteiger partial charge < -0.3 is 4.98 Å². The minimum atomic E-state index is -0.164. The van der Waals surface area contributed by atoms with E-state index in [0.29, 0.717) is 22.3 Å². The molecule has 94 valence electrons. The van der Waals surface area contributed by atoms with E-state index in [4.69, 9.17) is 12.2 Å². The molecule has 1 N–H and O–H groups in total. The van der Waals surface area contributed by atoms with Crippen molar-refractivity contribution in [3.8, 4) is 0 Å². The van der Waals surface area contributed by atoms with E-state index in [1.54, 1.807) is 18.3 Å². The van der Waals surface area contributed by atoms with E-state index in [-0.39, 0.29) is 5.56 Å². The molecule has 0 amide bonds. The first kappa shape index (κ1) is 11.8. The van der Waals surface area contributed by atoms with Crippen LogP contribution in [0.4, 0.5) is 0 Å². The molecule has 2 aromatic heterocycles. The summed E-state index contributed by atoms with van der Waals surface area (Å²) < 4.78 is 1.94. The number of hydrogen-bond acceptors (Lipinski definition) is 3. The molecule has 3 aromatic rings. The van der Waals surface area contributed by atoms with Crippen LogP contribution in [0.5, 0.6) is 0 Å². The minimum absolute atomic E-state index is 0.164. The average molecular weight is 269 g/mol. The Labute approximate surface area is 114 Å². The van der Waals surface area contributed by atoms with E-state index in [2.05, 4.69) is 9.97 Å². The van der Waals surface area contributed by atoms with Gasteiger partial charge in [-0.25, -0.2) is 4.98 Å². The maximum atomic E-state index is 12.4. The number of benzene rings is 1. The summed E-state index contributed by atoms with van der Waals surface area (Å²) >= 11 is 5.25. The van der Waals surface area contributed by atoms with E-state index in [1.165, 1.54) is 4.57 Å². The molecule has 1 aromatic carbocycles. The molecule has 0 spiro atoms. The Morgan fingerprint density at radius 2 is 1.95 bits per heavy atom. The number of hydrogen-bond donors (Lipinski definition) is 1. The second-order valence-electron chi connectivity index (χ2n) is 4.21. The van der Waals surface area contributed by atoms with E-state index < -0.39 is 0 Å². The van der Waals surface area contributed by atoms with Crippen molar-refractivity contribution in [3.05, 3.63) is 69.3 Å². The Kier molecular flexibility index (Phi) is 2.97. The summed E-state index contributed by atoms with van der Waals surface area (Å²) in [7, 11) is 0. The molecule has 0 aliphatic heterocycles. The van der Waals surface area contributed by atoms with Crippen molar-refractivity contribution in [2.45, 2.75) is 6.54 Å². The van der Waals surface area contributed by atoms with Gasteiger partial charge in [0.2, 0.25) is 0 Å². The van der Waals surface area contributed by atoms with Crippen LogP contribution in [0.1, 0.15) is 5.56 Å². The van der Waals surface area contributed by atoms with E-state index >= 15 is 0 Å². The van der Waals surface area contributed by atoms with Crippen molar-refractivity contribution in [1.82, 2.24) is 14.5 Å². The van der Waals surface area contributed by atoms with Crippen molar-refractivity contribution in [2.24, 2.45) is 0 Å². The number of aromatic nitrogens is 3. The van der Waals surface area contributed by atoms with E-state index in [1.807, 2.05) is 30.3 Å². The van der Waals surface area contributed by atoms with Crippen LogP contribution in [-0.4, -0.2) is 14.5 Å². The van der Waals surface area contributed by atoms with Crippen LogP contribution in [-0.2, 0) is 6.54 Å². The molecule has 3 rings (SSSR count). The zero-order chi connectivity index (χ0) is 13.2. The van der Waals surface area contributed by atoms with Gasteiger partial charge in [-0.05, 0) is 29.9 Å². The second kappa shape index (κ2) is 4.78. The molecule has 0 radical (unpaired) electrons. The Bertz CT molecular complexity index is 836. The minimum Gasteiger partial charge on any atom is -0.330 e. The highest BCUT2D eigenvalue weighted by Gasteiger charge is 2.06. The number of fused-ring (bicyclic) bond motifs is 1. The largest absolute Gasteiger partial charge is 0.330 e. The van der Waals surface area contributed by atoms with Crippen molar-refractivity contribution in [1.29, 1.82) is 0 Å². The van der Waals surface area contributed by atoms with Crippen LogP contribution >= 0.6 is 12.2 Å². The number of rotatable bonds is 2. The zero-order valence-corrected chi connectivity index (χ0v) is 10.9. The molecule has 2 heterocycles. The van der Waals surface area contributed by atoms with Gasteiger partial charge in [-0.3, -0.25) is 9.36 Å². The SMILES string of the molecule is O=c1c2ncccc2[nH]c(=S)n1Cc1ccccc1. The molecule has 0 atom stereocenters.